The molecule has 0 spiro atoms. The summed E-state index contributed by atoms with van der Waals surface area (Å²) in [6.45, 7) is 4.31. The van der Waals surface area contributed by atoms with Crippen LogP contribution in [0.3, 0.4) is 0 Å². The number of sulfonamides is 1. The van der Waals surface area contributed by atoms with Crippen LogP contribution in [0.25, 0.3) is 0 Å². The molecule has 1 aliphatic rings. The third-order valence-electron chi connectivity index (χ3n) is 5.68. The third kappa shape index (κ3) is 4.68. The molecule has 1 fully saturated rings. The lowest BCUT2D eigenvalue weighted by Gasteiger charge is -2.25. The Kier molecular flexibility index (Phi) is 7.30. The molecule has 1 saturated heterocycles. The van der Waals surface area contributed by atoms with E-state index in [0.29, 0.717) is 46.2 Å². The molecule has 1 heterocycles. The van der Waals surface area contributed by atoms with E-state index in [1.807, 2.05) is 19.1 Å². The van der Waals surface area contributed by atoms with Crippen molar-refractivity contribution in [1.82, 2.24) is 9.62 Å². The van der Waals surface area contributed by atoms with Crippen LogP contribution in [0.2, 0.25) is 0 Å². The summed E-state index contributed by atoms with van der Waals surface area (Å²) in [6, 6.07) is 8.24. The molecule has 0 aliphatic carbocycles. The van der Waals surface area contributed by atoms with Gasteiger partial charge in [-0.25, -0.2) is 8.42 Å². The Morgan fingerprint density at radius 1 is 1.06 bits per heavy atom. The maximum absolute atomic E-state index is 13.3. The van der Waals surface area contributed by atoms with Gasteiger partial charge in [-0.1, -0.05) is 12.1 Å². The molecule has 3 rings (SSSR count). The molecule has 1 N–H and O–H groups in total. The number of hydrogen-bond acceptors (Lipinski definition) is 6. The van der Waals surface area contributed by atoms with Crippen molar-refractivity contribution in [1.29, 1.82) is 0 Å². The molecular formula is C23H30N2O6S. The molecule has 1 aliphatic heterocycles. The maximum atomic E-state index is 13.3. The molecule has 1 amide bonds. The Bertz CT molecular complexity index is 1070. The van der Waals surface area contributed by atoms with Crippen LogP contribution in [0.1, 0.15) is 34.3 Å². The Balaban J connectivity index is 1.78. The van der Waals surface area contributed by atoms with Crippen molar-refractivity contribution < 1.29 is 27.4 Å². The third-order valence-corrected chi connectivity index (χ3v) is 7.77. The highest BCUT2D eigenvalue weighted by Crippen LogP contribution is 2.38. The monoisotopic (exact) mass is 462 g/mol. The zero-order valence-corrected chi connectivity index (χ0v) is 19.9. The number of nitrogens with zero attached hydrogens (tertiary/aromatic N) is 1. The Morgan fingerprint density at radius 2 is 1.72 bits per heavy atom. The van der Waals surface area contributed by atoms with E-state index in [1.165, 1.54) is 25.6 Å². The molecule has 8 nitrogen and oxygen atoms in total. The molecule has 174 valence electrons. The summed E-state index contributed by atoms with van der Waals surface area (Å²) in [5.41, 5.74) is 1.93. The number of amides is 1. The summed E-state index contributed by atoms with van der Waals surface area (Å²) < 4.78 is 44.1. The fraction of sp³-hybridized carbons (Fsp3) is 0.435. The summed E-state index contributed by atoms with van der Waals surface area (Å²) in [7, 11) is 0.792. The number of nitrogens with one attached hydrogen (secondary N) is 1. The van der Waals surface area contributed by atoms with Gasteiger partial charge in [0.25, 0.3) is 5.91 Å². The number of benzene rings is 2. The average Bonchev–Trinajstić information content (AvgIpc) is 3.27. The fourth-order valence-electron chi connectivity index (χ4n) is 3.97. The molecule has 1 unspecified atom stereocenters. The van der Waals surface area contributed by atoms with Gasteiger partial charge in [0.2, 0.25) is 15.8 Å². The van der Waals surface area contributed by atoms with Gasteiger partial charge in [-0.15, -0.1) is 0 Å². The van der Waals surface area contributed by atoms with Crippen LogP contribution in [0, 0.1) is 13.8 Å². The predicted octanol–water partition coefficient (Wildman–Crippen LogP) is 2.91. The summed E-state index contributed by atoms with van der Waals surface area (Å²) in [4.78, 5) is 13.2. The first-order valence-electron chi connectivity index (χ1n) is 10.4. The number of hydrogen-bond donors (Lipinski definition) is 1. The number of rotatable bonds is 8. The zero-order chi connectivity index (χ0) is 23.5. The lowest BCUT2D eigenvalue weighted by atomic mass is 10.1. The zero-order valence-electron chi connectivity index (χ0n) is 19.1. The summed E-state index contributed by atoms with van der Waals surface area (Å²) in [5, 5.41) is 2.86. The maximum Gasteiger partial charge on any atom is 0.251 e. The standard InChI is InChI=1S/C23H30N2O6S/c1-15-8-9-16(2)21(11-15)32(27,28)25-10-6-7-18(25)14-24-23(26)17-12-19(29-3)22(31-5)20(13-17)30-4/h8-9,11-13,18H,6-7,10,14H2,1-5H3,(H,24,26). The minimum Gasteiger partial charge on any atom is -0.493 e. The summed E-state index contributed by atoms with van der Waals surface area (Å²) >= 11 is 0. The van der Waals surface area contributed by atoms with Crippen molar-refractivity contribution in [3.05, 3.63) is 47.0 Å². The van der Waals surface area contributed by atoms with Crippen LogP contribution in [0.5, 0.6) is 17.2 Å². The molecular weight excluding hydrogens is 432 g/mol. The highest BCUT2D eigenvalue weighted by Gasteiger charge is 2.36. The van der Waals surface area contributed by atoms with Crippen LogP contribution in [0.15, 0.2) is 35.2 Å². The topological polar surface area (TPSA) is 94.2 Å². The van der Waals surface area contributed by atoms with Crippen molar-refractivity contribution in [2.24, 2.45) is 0 Å². The second-order valence-corrected chi connectivity index (χ2v) is 9.66. The van der Waals surface area contributed by atoms with Gasteiger partial charge in [0, 0.05) is 24.7 Å². The van der Waals surface area contributed by atoms with Crippen molar-refractivity contribution in [2.45, 2.75) is 37.6 Å². The van der Waals surface area contributed by atoms with Crippen LogP contribution in [-0.4, -0.2) is 59.1 Å². The molecule has 0 bridgehead atoms. The number of carbonyl (C=O) groups is 1. The Labute approximate surface area is 189 Å². The van der Waals surface area contributed by atoms with Crippen LogP contribution < -0.4 is 19.5 Å². The number of methoxy groups -OCH3 is 3. The molecule has 0 aromatic heterocycles. The first kappa shape index (κ1) is 23.9. The van der Waals surface area contributed by atoms with E-state index in [4.69, 9.17) is 14.2 Å². The number of aryl methyl sites for hydroxylation is 2. The van der Waals surface area contributed by atoms with Crippen molar-refractivity contribution in [2.75, 3.05) is 34.4 Å². The number of carbonyl (C=O) groups excluding carboxylic acids is 1. The van der Waals surface area contributed by atoms with Gasteiger partial charge in [-0.05, 0) is 56.0 Å². The van der Waals surface area contributed by atoms with Gasteiger partial charge in [-0.3, -0.25) is 4.79 Å². The van der Waals surface area contributed by atoms with Crippen molar-refractivity contribution >= 4 is 15.9 Å². The van der Waals surface area contributed by atoms with E-state index in [-0.39, 0.29) is 18.5 Å². The van der Waals surface area contributed by atoms with Gasteiger partial charge < -0.3 is 19.5 Å². The van der Waals surface area contributed by atoms with E-state index in [9.17, 15) is 13.2 Å². The minimum absolute atomic E-state index is 0.208. The summed E-state index contributed by atoms with van der Waals surface area (Å²) in [5.74, 6) is 0.794. The molecule has 2 aromatic rings. The molecule has 9 heteroatoms. The first-order valence-corrected chi connectivity index (χ1v) is 11.8. The van der Waals surface area contributed by atoms with Gasteiger partial charge in [0.1, 0.15) is 0 Å². The number of ether oxygens (including phenoxy) is 3. The highest BCUT2D eigenvalue weighted by molar-refractivity contribution is 7.89. The van der Waals surface area contributed by atoms with Gasteiger partial charge >= 0.3 is 0 Å². The van der Waals surface area contributed by atoms with Gasteiger partial charge in [-0.2, -0.15) is 4.31 Å². The van der Waals surface area contributed by atoms with Crippen molar-refractivity contribution in [3.8, 4) is 17.2 Å². The van der Waals surface area contributed by atoms with Crippen LogP contribution >= 0.6 is 0 Å². The Morgan fingerprint density at radius 3 is 2.31 bits per heavy atom. The largest absolute Gasteiger partial charge is 0.493 e. The Hall–Kier alpha value is -2.78. The SMILES string of the molecule is COc1cc(C(=O)NCC2CCCN2S(=O)(=O)c2cc(C)ccc2C)cc(OC)c1OC. The van der Waals surface area contributed by atoms with Crippen LogP contribution in [-0.2, 0) is 10.0 Å². The lowest BCUT2D eigenvalue weighted by molar-refractivity contribution is 0.0945. The fourth-order valence-corrected chi connectivity index (χ4v) is 5.97. The molecule has 0 radical (unpaired) electrons. The second-order valence-electron chi connectivity index (χ2n) is 7.80. The molecule has 0 saturated carbocycles. The van der Waals surface area contributed by atoms with Crippen LogP contribution in [0.4, 0.5) is 0 Å². The van der Waals surface area contributed by atoms with Gasteiger partial charge in [0.15, 0.2) is 11.5 Å². The summed E-state index contributed by atoms with van der Waals surface area (Å²) in [6.07, 6.45) is 1.43. The second kappa shape index (κ2) is 9.79. The first-order chi connectivity index (χ1) is 15.2. The van der Waals surface area contributed by atoms with E-state index < -0.39 is 10.0 Å². The molecule has 2 aromatic carbocycles. The van der Waals surface area contributed by atoms with E-state index in [1.54, 1.807) is 25.1 Å². The predicted molar refractivity (Wildman–Crippen MR) is 121 cm³/mol. The molecule has 32 heavy (non-hydrogen) atoms. The van der Waals surface area contributed by atoms with E-state index in [2.05, 4.69) is 5.32 Å². The quantitative estimate of drug-likeness (QED) is 0.648. The lowest BCUT2D eigenvalue weighted by Crippen LogP contribution is -2.43. The normalized spacial score (nSPS) is 16.6. The highest BCUT2D eigenvalue weighted by atomic mass is 32.2. The van der Waals surface area contributed by atoms with E-state index in [0.717, 1.165) is 12.0 Å². The minimum atomic E-state index is -3.66. The van der Waals surface area contributed by atoms with E-state index >= 15 is 0 Å². The average molecular weight is 463 g/mol. The van der Waals surface area contributed by atoms with Crippen molar-refractivity contribution in [3.63, 3.8) is 0 Å². The molecule has 1 atom stereocenters. The smallest absolute Gasteiger partial charge is 0.251 e. The van der Waals surface area contributed by atoms with Gasteiger partial charge in [0.05, 0.1) is 26.2 Å².